The van der Waals surface area contributed by atoms with Gasteiger partial charge < -0.3 is 4.90 Å². The van der Waals surface area contributed by atoms with E-state index in [1.165, 1.54) is 6.07 Å². The third-order valence-corrected chi connectivity index (χ3v) is 4.07. The van der Waals surface area contributed by atoms with Crippen LogP contribution in [0, 0.1) is 5.82 Å². The zero-order valence-electron chi connectivity index (χ0n) is 10.4. The fourth-order valence-corrected chi connectivity index (χ4v) is 2.99. The lowest BCUT2D eigenvalue weighted by atomic mass is 10.1. The molecule has 0 radical (unpaired) electrons. The van der Waals surface area contributed by atoms with Crippen molar-refractivity contribution >= 4 is 37.8 Å². The monoisotopic (exact) mass is 392 g/mol. The molecule has 3 nitrogen and oxygen atoms in total. The summed E-state index contributed by atoms with van der Waals surface area (Å²) in [5, 5.41) is 0.932. The summed E-state index contributed by atoms with van der Waals surface area (Å²) in [5.41, 5.74) is 0.142. The summed E-state index contributed by atoms with van der Waals surface area (Å²) in [7, 11) is 0. The molecule has 19 heavy (non-hydrogen) atoms. The van der Waals surface area contributed by atoms with Gasteiger partial charge in [-0.05, 0) is 18.2 Å². The van der Waals surface area contributed by atoms with Gasteiger partial charge in [0.05, 0.1) is 5.56 Å². The minimum absolute atomic E-state index is 0.142. The molecule has 104 valence electrons. The summed E-state index contributed by atoms with van der Waals surface area (Å²) in [5.74, 6) is -0.687. The molecular formula is C13H15Br2FN2O. The zero-order chi connectivity index (χ0) is 13.8. The third-order valence-electron chi connectivity index (χ3n) is 3.22. The van der Waals surface area contributed by atoms with E-state index >= 15 is 0 Å². The molecule has 1 aliphatic heterocycles. The van der Waals surface area contributed by atoms with Crippen molar-refractivity contribution in [3.05, 3.63) is 34.1 Å². The van der Waals surface area contributed by atoms with E-state index in [9.17, 15) is 9.18 Å². The number of hydrogen-bond donors (Lipinski definition) is 0. The molecule has 6 heteroatoms. The van der Waals surface area contributed by atoms with Gasteiger partial charge in [0.2, 0.25) is 0 Å². The first-order chi connectivity index (χ1) is 9.11. The van der Waals surface area contributed by atoms with Crippen LogP contribution in [0.3, 0.4) is 0 Å². The van der Waals surface area contributed by atoms with Crippen LogP contribution < -0.4 is 0 Å². The highest BCUT2D eigenvalue weighted by Gasteiger charge is 2.23. The van der Waals surface area contributed by atoms with Crippen molar-refractivity contribution in [2.75, 3.05) is 38.1 Å². The maximum atomic E-state index is 13.7. The highest BCUT2D eigenvalue weighted by atomic mass is 79.9. The summed E-state index contributed by atoms with van der Waals surface area (Å²) in [4.78, 5) is 16.3. The second-order valence-corrected chi connectivity index (χ2v) is 6.16. The van der Waals surface area contributed by atoms with Crippen molar-refractivity contribution in [1.29, 1.82) is 0 Å². The lowest BCUT2D eigenvalue weighted by molar-refractivity contribution is 0.0640. The normalized spacial score (nSPS) is 16.7. The van der Waals surface area contributed by atoms with Crippen LogP contribution in [0.1, 0.15) is 10.4 Å². The first-order valence-electron chi connectivity index (χ1n) is 6.14. The molecule has 1 aromatic carbocycles. The second kappa shape index (κ2) is 6.81. The van der Waals surface area contributed by atoms with E-state index < -0.39 is 5.82 Å². The fourth-order valence-electron chi connectivity index (χ4n) is 2.13. The number of alkyl halides is 1. The van der Waals surface area contributed by atoms with Gasteiger partial charge in [0, 0.05) is 42.5 Å². The van der Waals surface area contributed by atoms with E-state index in [0.29, 0.717) is 13.1 Å². The Labute approximate surface area is 129 Å². The van der Waals surface area contributed by atoms with Gasteiger partial charge in [-0.2, -0.15) is 0 Å². The van der Waals surface area contributed by atoms with Gasteiger partial charge in [-0.15, -0.1) is 0 Å². The molecular weight excluding hydrogens is 379 g/mol. The molecule has 0 saturated carbocycles. The molecule has 0 aromatic heterocycles. The Morgan fingerprint density at radius 2 is 1.95 bits per heavy atom. The van der Waals surface area contributed by atoms with E-state index in [1.807, 2.05) is 0 Å². The van der Waals surface area contributed by atoms with E-state index in [-0.39, 0.29) is 11.5 Å². The van der Waals surface area contributed by atoms with Gasteiger partial charge in [0.25, 0.3) is 5.91 Å². The standard InChI is InChI=1S/C13H15Br2FN2O/c14-3-4-17-5-7-18(8-6-17)13(19)11-9-10(15)1-2-12(11)16/h1-2,9H,3-8H2. The summed E-state index contributed by atoms with van der Waals surface area (Å²) in [6.45, 7) is 3.96. The number of hydrogen-bond acceptors (Lipinski definition) is 2. The molecule has 1 heterocycles. The van der Waals surface area contributed by atoms with Crippen LogP contribution in [0.5, 0.6) is 0 Å². The predicted octanol–water partition coefficient (Wildman–Crippen LogP) is 2.74. The van der Waals surface area contributed by atoms with Gasteiger partial charge in [-0.3, -0.25) is 9.69 Å². The Hall–Kier alpha value is -0.460. The summed E-state index contributed by atoms with van der Waals surface area (Å²) in [6.07, 6.45) is 0. The van der Waals surface area contributed by atoms with Crippen molar-refractivity contribution in [2.45, 2.75) is 0 Å². The number of halogens is 3. The molecule has 1 fully saturated rings. The van der Waals surface area contributed by atoms with Crippen LogP contribution in [-0.4, -0.2) is 53.8 Å². The average molecular weight is 394 g/mol. The fraction of sp³-hybridized carbons (Fsp3) is 0.462. The smallest absolute Gasteiger partial charge is 0.256 e. The number of nitrogens with zero attached hydrogens (tertiary/aromatic N) is 2. The maximum Gasteiger partial charge on any atom is 0.256 e. The lowest BCUT2D eigenvalue weighted by Crippen LogP contribution is -2.49. The van der Waals surface area contributed by atoms with Gasteiger partial charge in [0.1, 0.15) is 5.82 Å². The average Bonchev–Trinajstić information content (AvgIpc) is 2.42. The second-order valence-electron chi connectivity index (χ2n) is 4.45. The number of benzene rings is 1. The molecule has 0 N–H and O–H groups in total. The van der Waals surface area contributed by atoms with E-state index in [4.69, 9.17) is 0 Å². The zero-order valence-corrected chi connectivity index (χ0v) is 13.6. The number of piperazine rings is 1. The summed E-state index contributed by atoms with van der Waals surface area (Å²) in [6, 6.07) is 4.46. The number of carbonyl (C=O) groups is 1. The maximum absolute atomic E-state index is 13.7. The van der Waals surface area contributed by atoms with Crippen LogP contribution in [0.2, 0.25) is 0 Å². The van der Waals surface area contributed by atoms with Crippen LogP contribution in [0.4, 0.5) is 4.39 Å². The first kappa shape index (κ1) is 14.9. The number of rotatable bonds is 3. The van der Waals surface area contributed by atoms with Crippen molar-refractivity contribution in [1.82, 2.24) is 9.80 Å². The van der Waals surface area contributed by atoms with Crippen molar-refractivity contribution in [3.8, 4) is 0 Å². The van der Waals surface area contributed by atoms with Gasteiger partial charge in [-0.25, -0.2) is 4.39 Å². The highest BCUT2D eigenvalue weighted by Crippen LogP contribution is 2.18. The van der Waals surface area contributed by atoms with Gasteiger partial charge in [-0.1, -0.05) is 31.9 Å². The molecule has 0 spiro atoms. The Morgan fingerprint density at radius 1 is 1.26 bits per heavy atom. The van der Waals surface area contributed by atoms with Crippen LogP contribution in [0.25, 0.3) is 0 Å². The van der Waals surface area contributed by atoms with Gasteiger partial charge >= 0.3 is 0 Å². The third kappa shape index (κ3) is 3.77. The Morgan fingerprint density at radius 3 is 2.58 bits per heavy atom. The molecule has 0 atom stereocenters. The highest BCUT2D eigenvalue weighted by molar-refractivity contribution is 9.10. The molecule has 2 rings (SSSR count). The molecule has 1 amide bonds. The Balaban J connectivity index is 2.03. The molecule has 0 unspecified atom stereocenters. The first-order valence-corrected chi connectivity index (χ1v) is 8.06. The molecule has 1 aliphatic rings. The largest absolute Gasteiger partial charge is 0.336 e. The molecule has 1 aromatic rings. The van der Waals surface area contributed by atoms with Crippen LogP contribution in [-0.2, 0) is 0 Å². The SMILES string of the molecule is O=C(c1cc(Br)ccc1F)N1CCN(CCBr)CC1. The molecule has 0 bridgehead atoms. The topological polar surface area (TPSA) is 23.6 Å². The van der Waals surface area contributed by atoms with Crippen molar-refractivity contribution in [2.24, 2.45) is 0 Å². The Kier molecular flexibility index (Phi) is 5.36. The summed E-state index contributed by atoms with van der Waals surface area (Å²) < 4.78 is 14.4. The number of carbonyl (C=O) groups excluding carboxylic acids is 1. The molecule has 0 aliphatic carbocycles. The lowest BCUT2D eigenvalue weighted by Gasteiger charge is -2.34. The van der Waals surface area contributed by atoms with E-state index in [0.717, 1.165) is 29.4 Å². The summed E-state index contributed by atoms with van der Waals surface area (Å²) >= 11 is 6.67. The van der Waals surface area contributed by atoms with Crippen LogP contribution in [0.15, 0.2) is 22.7 Å². The van der Waals surface area contributed by atoms with Crippen molar-refractivity contribution < 1.29 is 9.18 Å². The minimum atomic E-state index is -0.462. The Bertz CT molecular complexity index is 462. The minimum Gasteiger partial charge on any atom is -0.336 e. The van der Waals surface area contributed by atoms with Gasteiger partial charge in [0.15, 0.2) is 0 Å². The number of amides is 1. The van der Waals surface area contributed by atoms with E-state index in [2.05, 4.69) is 36.8 Å². The van der Waals surface area contributed by atoms with E-state index in [1.54, 1.807) is 17.0 Å². The quantitative estimate of drug-likeness (QED) is 0.737. The van der Waals surface area contributed by atoms with Crippen LogP contribution >= 0.6 is 31.9 Å². The predicted molar refractivity (Wildman–Crippen MR) is 80.2 cm³/mol. The molecule has 1 saturated heterocycles. The van der Waals surface area contributed by atoms with Crippen molar-refractivity contribution in [3.63, 3.8) is 0 Å².